The Hall–Kier alpha value is -0.820. The van der Waals surface area contributed by atoms with E-state index in [0.29, 0.717) is 6.04 Å². The van der Waals surface area contributed by atoms with Gasteiger partial charge in [-0.1, -0.05) is 18.2 Å². The smallest absolute Gasteiger partial charge is 0.0332 e. The Morgan fingerprint density at radius 2 is 2.00 bits per heavy atom. The van der Waals surface area contributed by atoms with Crippen molar-refractivity contribution in [2.75, 3.05) is 6.54 Å². The number of hydrogen-bond acceptors (Lipinski definition) is 1. The minimum atomic E-state index is 0.658. The lowest BCUT2D eigenvalue weighted by Crippen LogP contribution is -2.34. The Kier molecular flexibility index (Phi) is 1.66. The zero-order chi connectivity index (χ0) is 8.67. The zero-order valence-electron chi connectivity index (χ0n) is 7.84. The first-order valence-corrected chi connectivity index (χ1v) is 5.28. The minimum Gasteiger partial charge on any atom is -0.310 e. The van der Waals surface area contributed by atoms with E-state index >= 15 is 0 Å². The number of nitrogens with one attached hydrogen (secondary N) is 1. The Balaban J connectivity index is 1.95. The van der Waals surface area contributed by atoms with Gasteiger partial charge in [0.1, 0.15) is 0 Å². The third kappa shape index (κ3) is 1.19. The van der Waals surface area contributed by atoms with Gasteiger partial charge in [-0.15, -0.1) is 0 Å². The largest absolute Gasteiger partial charge is 0.310 e. The summed E-state index contributed by atoms with van der Waals surface area (Å²) in [6.45, 7) is 1.20. The summed E-state index contributed by atoms with van der Waals surface area (Å²) in [4.78, 5) is 0. The highest BCUT2D eigenvalue weighted by Crippen LogP contribution is 2.28. The molecule has 1 N–H and O–H groups in total. The van der Waals surface area contributed by atoms with Gasteiger partial charge >= 0.3 is 0 Å². The molecule has 0 spiro atoms. The summed E-state index contributed by atoms with van der Waals surface area (Å²) >= 11 is 0. The van der Waals surface area contributed by atoms with Gasteiger partial charge in [0.2, 0.25) is 0 Å². The second-order valence-corrected chi connectivity index (χ2v) is 4.18. The predicted molar refractivity (Wildman–Crippen MR) is 53.8 cm³/mol. The van der Waals surface area contributed by atoms with Crippen LogP contribution in [0.2, 0.25) is 0 Å². The lowest BCUT2D eigenvalue weighted by molar-refractivity contribution is 0.383. The topological polar surface area (TPSA) is 12.0 Å². The molecule has 1 heterocycles. The van der Waals surface area contributed by atoms with Gasteiger partial charge in [0.05, 0.1) is 0 Å². The summed E-state index contributed by atoms with van der Waals surface area (Å²) in [5.41, 5.74) is 4.70. The van der Waals surface area contributed by atoms with E-state index in [1.54, 1.807) is 11.1 Å². The third-order valence-corrected chi connectivity index (χ3v) is 3.35. The SMILES string of the molecule is c1cc2c(cc1[C@H]1CCN1)CCC2. The summed E-state index contributed by atoms with van der Waals surface area (Å²) < 4.78 is 0. The maximum Gasteiger partial charge on any atom is 0.0332 e. The van der Waals surface area contributed by atoms with Crippen LogP contribution in [0.1, 0.15) is 35.6 Å². The van der Waals surface area contributed by atoms with Crippen molar-refractivity contribution in [3.05, 3.63) is 34.9 Å². The number of rotatable bonds is 1. The van der Waals surface area contributed by atoms with Crippen molar-refractivity contribution in [3.8, 4) is 0 Å². The average molecular weight is 173 g/mol. The predicted octanol–water partition coefficient (Wildman–Crippen LogP) is 2.21. The van der Waals surface area contributed by atoms with Gasteiger partial charge in [-0.25, -0.2) is 0 Å². The molecule has 13 heavy (non-hydrogen) atoms. The molecule has 1 aromatic rings. The Bertz CT molecular complexity index is 326. The molecular weight excluding hydrogens is 158 g/mol. The maximum absolute atomic E-state index is 3.45. The van der Waals surface area contributed by atoms with E-state index in [-0.39, 0.29) is 0 Å². The standard InChI is InChI=1S/C12H15N/c1-2-9-4-5-11(8-10(9)3-1)12-6-7-13-12/h4-5,8,12-13H,1-3,6-7H2/t12-/m1/s1. The fraction of sp³-hybridized carbons (Fsp3) is 0.500. The van der Waals surface area contributed by atoms with Gasteiger partial charge in [0.15, 0.2) is 0 Å². The molecule has 1 aliphatic carbocycles. The molecular formula is C12H15N. The van der Waals surface area contributed by atoms with Crippen molar-refractivity contribution in [3.63, 3.8) is 0 Å². The van der Waals surface area contributed by atoms with E-state index in [1.807, 2.05) is 0 Å². The highest BCUT2D eigenvalue weighted by Gasteiger charge is 2.20. The summed E-state index contributed by atoms with van der Waals surface area (Å²) in [5, 5.41) is 3.45. The van der Waals surface area contributed by atoms with Gasteiger partial charge in [-0.3, -0.25) is 0 Å². The molecule has 0 amide bonds. The van der Waals surface area contributed by atoms with Crippen molar-refractivity contribution < 1.29 is 0 Å². The van der Waals surface area contributed by atoms with Crippen LogP contribution in [0.4, 0.5) is 0 Å². The van der Waals surface area contributed by atoms with Crippen molar-refractivity contribution in [2.24, 2.45) is 0 Å². The number of fused-ring (bicyclic) bond motifs is 1. The van der Waals surface area contributed by atoms with Crippen LogP contribution >= 0.6 is 0 Å². The molecule has 68 valence electrons. The van der Waals surface area contributed by atoms with Crippen LogP contribution in [0.5, 0.6) is 0 Å². The fourth-order valence-corrected chi connectivity index (χ4v) is 2.38. The molecule has 2 aliphatic rings. The first-order chi connectivity index (χ1) is 6.43. The molecule has 1 aliphatic heterocycles. The van der Waals surface area contributed by atoms with Gasteiger partial charge in [0, 0.05) is 6.04 Å². The molecule has 1 heteroatoms. The Morgan fingerprint density at radius 1 is 1.15 bits per heavy atom. The molecule has 1 nitrogen and oxygen atoms in total. The lowest BCUT2D eigenvalue weighted by Gasteiger charge is -2.28. The van der Waals surface area contributed by atoms with Crippen molar-refractivity contribution in [1.82, 2.24) is 5.32 Å². The van der Waals surface area contributed by atoms with E-state index in [0.717, 1.165) is 0 Å². The molecule has 0 saturated carbocycles. The molecule has 1 saturated heterocycles. The summed E-state index contributed by atoms with van der Waals surface area (Å²) in [6.07, 6.45) is 5.28. The summed E-state index contributed by atoms with van der Waals surface area (Å²) in [5.74, 6) is 0. The minimum absolute atomic E-state index is 0.658. The number of benzene rings is 1. The van der Waals surface area contributed by atoms with Crippen LogP contribution < -0.4 is 5.32 Å². The molecule has 3 rings (SSSR count). The van der Waals surface area contributed by atoms with Crippen LogP contribution in [0.15, 0.2) is 18.2 Å². The number of hydrogen-bond donors (Lipinski definition) is 1. The first-order valence-electron chi connectivity index (χ1n) is 5.28. The van der Waals surface area contributed by atoms with Crippen LogP contribution in [-0.2, 0) is 12.8 Å². The maximum atomic E-state index is 3.45. The second-order valence-electron chi connectivity index (χ2n) is 4.18. The van der Waals surface area contributed by atoms with Crippen molar-refractivity contribution in [2.45, 2.75) is 31.7 Å². The third-order valence-electron chi connectivity index (χ3n) is 3.35. The van der Waals surface area contributed by atoms with Crippen LogP contribution in [-0.4, -0.2) is 6.54 Å². The van der Waals surface area contributed by atoms with E-state index < -0.39 is 0 Å². The second kappa shape index (κ2) is 2.85. The fourth-order valence-electron chi connectivity index (χ4n) is 2.38. The van der Waals surface area contributed by atoms with Gasteiger partial charge < -0.3 is 5.32 Å². The van der Waals surface area contributed by atoms with Crippen LogP contribution in [0.3, 0.4) is 0 Å². The van der Waals surface area contributed by atoms with Gasteiger partial charge in [0.25, 0.3) is 0 Å². The quantitative estimate of drug-likeness (QED) is 0.686. The highest BCUT2D eigenvalue weighted by atomic mass is 15.0. The summed E-state index contributed by atoms with van der Waals surface area (Å²) in [7, 11) is 0. The lowest BCUT2D eigenvalue weighted by atomic mass is 9.95. The molecule has 1 aromatic carbocycles. The first kappa shape index (κ1) is 7.57. The Labute approximate surface area is 79.2 Å². The summed E-state index contributed by atoms with van der Waals surface area (Å²) in [6, 6.07) is 7.71. The normalized spacial score (nSPS) is 25.4. The monoisotopic (exact) mass is 173 g/mol. The molecule has 0 aromatic heterocycles. The molecule has 1 atom stereocenters. The molecule has 0 bridgehead atoms. The average Bonchev–Trinajstić information content (AvgIpc) is 2.47. The van der Waals surface area contributed by atoms with E-state index in [9.17, 15) is 0 Å². The van der Waals surface area contributed by atoms with E-state index in [4.69, 9.17) is 0 Å². The molecule has 0 radical (unpaired) electrons. The number of aryl methyl sites for hydroxylation is 2. The van der Waals surface area contributed by atoms with Crippen molar-refractivity contribution in [1.29, 1.82) is 0 Å². The zero-order valence-corrected chi connectivity index (χ0v) is 7.84. The van der Waals surface area contributed by atoms with Gasteiger partial charge in [-0.2, -0.15) is 0 Å². The van der Waals surface area contributed by atoms with Gasteiger partial charge in [-0.05, 0) is 48.9 Å². The van der Waals surface area contributed by atoms with E-state index in [2.05, 4.69) is 23.5 Å². The van der Waals surface area contributed by atoms with Crippen LogP contribution in [0, 0.1) is 0 Å². The molecule has 0 unspecified atom stereocenters. The van der Waals surface area contributed by atoms with E-state index in [1.165, 1.54) is 37.8 Å². The van der Waals surface area contributed by atoms with Crippen LogP contribution in [0.25, 0.3) is 0 Å². The molecule has 1 fully saturated rings. The highest BCUT2D eigenvalue weighted by molar-refractivity contribution is 5.37. The Morgan fingerprint density at radius 3 is 2.77 bits per heavy atom. The van der Waals surface area contributed by atoms with Crippen molar-refractivity contribution >= 4 is 0 Å².